The fraction of sp³-hybridized carbons (Fsp3) is 0.231. The van der Waals surface area contributed by atoms with Gasteiger partial charge in [-0.15, -0.1) is 0 Å². The van der Waals surface area contributed by atoms with Crippen LogP contribution < -0.4 is 9.62 Å². The highest BCUT2D eigenvalue weighted by Gasteiger charge is 2.32. The van der Waals surface area contributed by atoms with Gasteiger partial charge in [0.15, 0.2) is 0 Å². The smallest absolute Gasteiger partial charge is 0.264 e. The third kappa shape index (κ3) is 6.57. The van der Waals surface area contributed by atoms with Gasteiger partial charge in [-0.3, -0.25) is 13.9 Å². The van der Waals surface area contributed by atoms with Crippen molar-refractivity contribution in [1.29, 1.82) is 0 Å². The fourth-order valence-electron chi connectivity index (χ4n) is 3.62. The number of carbonyl (C=O) groups excluding carboxylic acids is 2. The molecule has 36 heavy (non-hydrogen) atoms. The first kappa shape index (κ1) is 27.5. The summed E-state index contributed by atoms with van der Waals surface area (Å²) >= 11 is 12.3. The van der Waals surface area contributed by atoms with Crippen molar-refractivity contribution in [3.8, 4) is 0 Å². The number of benzene rings is 3. The Morgan fingerprint density at radius 2 is 1.53 bits per heavy atom. The molecule has 3 aromatic carbocycles. The largest absolute Gasteiger partial charge is 0.357 e. The van der Waals surface area contributed by atoms with Crippen LogP contribution in [0.5, 0.6) is 0 Å². The zero-order valence-corrected chi connectivity index (χ0v) is 22.4. The summed E-state index contributed by atoms with van der Waals surface area (Å²) in [5.74, 6) is -0.945. The van der Waals surface area contributed by atoms with Crippen molar-refractivity contribution in [2.24, 2.45) is 0 Å². The molecule has 0 aromatic heterocycles. The Balaban J connectivity index is 2.06. The number of nitrogens with one attached hydrogen (secondary N) is 1. The number of likely N-dealkylation sites (N-methyl/N-ethyl adjacent to an activating group) is 1. The summed E-state index contributed by atoms with van der Waals surface area (Å²) in [4.78, 5) is 27.5. The lowest BCUT2D eigenvalue weighted by atomic mass is 10.1. The summed E-state index contributed by atoms with van der Waals surface area (Å²) in [6.07, 6.45) is 0. The third-order valence-corrected chi connectivity index (χ3v) is 7.86. The van der Waals surface area contributed by atoms with E-state index in [1.54, 1.807) is 19.1 Å². The normalized spacial score (nSPS) is 12.0. The molecule has 0 saturated heterocycles. The number of sulfonamides is 1. The average Bonchev–Trinajstić information content (AvgIpc) is 2.85. The van der Waals surface area contributed by atoms with Gasteiger partial charge in [-0.2, -0.15) is 0 Å². The van der Waals surface area contributed by atoms with Crippen molar-refractivity contribution in [3.63, 3.8) is 0 Å². The number of nitrogens with zero attached hydrogens (tertiary/aromatic N) is 2. The number of carbonyl (C=O) groups is 2. The number of rotatable bonds is 9. The van der Waals surface area contributed by atoms with Crippen LogP contribution in [0.2, 0.25) is 10.0 Å². The van der Waals surface area contributed by atoms with Crippen molar-refractivity contribution in [1.82, 2.24) is 10.2 Å². The summed E-state index contributed by atoms with van der Waals surface area (Å²) in [6, 6.07) is 18.9. The first-order valence-electron chi connectivity index (χ1n) is 11.1. The van der Waals surface area contributed by atoms with Crippen LogP contribution in [0.3, 0.4) is 0 Å². The second-order valence-electron chi connectivity index (χ2n) is 8.25. The first-order chi connectivity index (χ1) is 17.0. The molecule has 0 bridgehead atoms. The average molecular weight is 548 g/mol. The summed E-state index contributed by atoms with van der Waals surface area (Å²) in [6.45, 7) is 2.98. The SMILES string of the molecule is CNC(=O)[C@H](C)N(Cc1ccccc1)C(=O)CN(c1cc(Cl)cc(Cl)c1)S(=O)(=O)c1ccc(C)cc1. The van der Waals surface area contributed by atoms with Gasteiger partial charge in [-0.1, -0.05) is 71.2 Å². The first-order valence-corrected chi connectivity index (χ1v) is 13.3. The van der Waals surface area contributed by atoms with E-state index in [1.165, 1.54) is 42.3 Å². The third-order valence-electron chi connectivity index (χ3n) is 5.63. The molecule has 0 radical (unpaired) electrons. The predicted molar refractivity (Wildman–Crippen MR) is 143 cm³/mol. The number of anilines is 1. The molecule has 10 heteroatoms. The quantitative estimate of drug-likeness (QED) is 0.422. The maximum absolute atomic E-state index is 13.7. The van der Waals surface area contributed by atoms with Gasteiger partial charge in [0.2, 0.25) is 11.8 Å². The van der Waals surface area contributed by atoms with E-state index in [1.807, 2.05) is 37.3 Å². The monoisotopic (exact) mass is 547 g/mol. The minimum atomic E-state index is -4.19. The van der Waals surface area contributed by atoms with Crippen molar-refractivity contribution < 1.29 is 18.0 Å². The Hall–Kier alpha value is -3.07. The van der Waals surface area contributed by atoms with Crippen LogP contribution in [0.4, 0.5) is 5.69 Å². The molecule has 3 rings (SSSR count). The second-order valence-corrected chi connectivity index (χ2v) is 11.0. The molecule has 0 spiro atoms. The Morgan fingerprint density at radius 3 is 2.08 bits per heavy atom. The number of halogens is 2. The van der Waals surface area contributed by atoms with Crippen LogP contribution in [0, 0.1) is 6.92 Å². The van der Waals surface area contributed by atoms with Gasteiger partial charge in [0.25, 0.3) is 10.0 Å². The Morgan fingerprint density at radius 1 is 0.944 bits per heavy atom. The van der Waals surface area contributed by atoms with Crippen molar-refractivity contribution in [3.05, 3.63) is 94.0 Å². The molecule has 0 heterocycles. The minimum absolute atomic E-state index is 0.00552. The van der Waals surface area contributed by atoms with E-state index in [2.05, 4.69) is 5.32 Å². The van der Waals surface area contributed by atoms with Crippen LogP contribution in [0.1, 0.15) is 18.1 Å². The van der Waals surface area contributed by atoms with Crippen LogP contribution in [0.15, 0.2) is 77.7 Å². The van der Waals surface area contributed by atoms with Gasteiger partial charge < -0.3 is 10.2 Å². The van der Waals surface area contributed by atoms with E-state index in [9.17, 15) is 18.0 Å². The molecular weight excluding hydrogens is 521 g/mol. The molecular formula is C26H27Cl2N3O4S. The zero-order chi connectivity index (χ0) is 26.5. The number of amides is 2. The Labute approximate surface area is 221 Å². The van der Waals surface area contributed by atoms with E-state index < -0.39 is 28.5 Å². The Kier molecular flexibility index (Phi) is 9.00. The highest BCUT2D eigenvalue weighted by molar-refractivity contribution is 7.92. The lowest BCUT2D eigenvalue weighted by molar-refractivity contribution is -0.139. The van der Waals surface area contributed by atoms with E-state index in [0.29, 0.717) is 0 Å². The van der Waals surface area contributed by atoms with Gasteiger partial charge in [-0.05, 0) is 49.7 Å². The van der Waals surface area contributed by atoms with Gasteiger partial charge in [0.05, 0.1) is 10.6 Å². The van der Waals surface area contributed by atoms with Crippen molar-refractivity contribution >= 4 is 50.7 Å². The molecule has 2 amide bonds. The van der Waals surface area contributed by atoms with E-state index in [4.69, 9.17) is 23.2 Å². The molecule has 3 aromatic rings. The van der Waals surface area contributed by atoms with Crippen LogP contribution >= 0.6 is 23.2 Å². The van der Waals surface area contributed by atoms with E-state index in [0.717, 1.165) is 15.4 Å². The van der Waals surface area contributed by atoms with Crippen LogP contribution in [0.25, 0.3) is 0 Å². The van der Waals surface area contributed by atoms with E-state index >= 15 is 0 Å². The van der Waals surface area contributed by atoms with Crippen LogP contribution in [-0.4, -0.2) is 44.8 Å². The molecule has 0 saturated carbocycles. The Bertz CT molecular complexity index is 1310. The zero-order valence-electron chi connectivity index (χ0n) is 20.1. The molecule has 1 atom stereocenters. The highest BCUT2D eigenvalue weighted by Crippen LogP contribution is 2.30. The molecule has 0 fully saturated rings. The maximum Gasteiger partial charge on any atom is 0.264 e. The molecule has 0 aliphatic heterocycles. The van der Waals surface area contributed by atoms with Crippen LogP contribution in [-0.2, 0) is 26.2 Å². The predicted octanol–water partition coefficient (Wildman–Crippen LogP) is 4.66. The van der Waals surface area contributed by atoms with Crippen molar-refractivity contribution in [2.75, 3.05) is 17.9 Å². The molecule has 7 nitrogen and oxygen atoms in total. The highest BCUT2D eigenvalue weighted by atomic mass is 35.5. The molecule has 1 N–H and O–H groups in total. The van der Waals surface area contributed by atoms with Gasteiger partial charge in [-0.25, -0.2) is 8.42 Å². The van der Waals surface area contributed by atoms with E-state index in [-0.39, 0.29) is 33.1 Å². The molecule has 0 aliphatic carbocycles. The lowest BCUT2D eigenvalue weighted by Crippen LogP contribution is -2.50. The molecule has 190 valence electrons. The van der Waals surface area contributed by atoms with Gasteiger partial charge in [0, 0.05) is 23.6 Å². The summed E-state index contributed by atoms with van der Waals surface area (Å²) in [5.41, 5.74) is 1.81. The molecule has 0 unspecified atom stereocenters. The maximum atomic E-state index is 13.7. The summed E-state index contributed by atoms with van der Waals surface area (Å²) in [5, 5.41) is 2.98. The summed E-state index contributed by atoms with van der Waals surface area (Å²) in [7, 11) is -2.71. The minimum Gasteiger partial charge on any atom is -0.357 e. The molecule has 0 aliphatic rings. The summed E-state index contributed by atoms with van der Waals surface area (Å²) < 4.78 is 28.4. The second kappa shape index (κ2) is 11.8. The number of hydrogen-bond donors (Lipinski definition) is 1. The van der Waals surface area contributed by atoms with Gasteiger partial charge in [0.1, 0.15) is 12.6 Å². The topological polar surface area (TPSA) is 86.8 Å². The standard InChI is InChI=1S/C26H27Cl2N3O4S/c1-18-9-11-24(12-10-18)36(34,35)31(23-14-21(27)13-22(28)15-23)17-25(32)30(19(2)26(33)29-3)16-20-7-5-4-6-8-20/h4-15,19H,16-17H2,1-3H3,(H,29,33)/t19-/m0/s1. The fourth-order valence-corrected chi connectivity index (χ4v) is 5.53. The number of aryl methyl sites for hydroxylation is 1. The lowest BCUT2D eigenvalue weighted by Gasteiger charge is -2.32. The number of hydrogen-bond acceptors (Lipinski definition) is 4. The van der Waals surface area contributed by atoms with Crippen molar-refractivity contribution in [2.45, 2.75) is 31.3 Å². The van der Waals surface area contributed by atoms with Gasteiger partial charge >= 0.3 is 0 Å².